The van der Waals surface area contributed by atoms with Gasteiger partial charge in [0, 0.05) is 19.6 Å². The van der Waals surface area contributed by atoms with E-state index in [4.69, 9.17) is 9.47 Å². The first-order valence-electron chi connectivity index (χ1n) is 6.12. The minimum absolute atomic E-state index is 0.0884. The average Bonchev–Trinajstić information content (AvgIpc) is 2.90. The first-order valence-corrected chi connectivity index (χ1v) is 6.12. The van der Waals surface area contributed by atoms with Crippen molar-refractivity contribution in [2.24, 2.45) is 0 Å². The first-order chi connectivity index (χ1) is 7.36. The fourth-order valence-electron chi connectivity index (χ4n) is 2.37. The standard InChI is InChI=1S/C12H20O3/c13-11(12-7-3-9-15-12)6-1-4-10-5-2-8-14-10/h10,12H,1-9H2. The van der Waals surface area contributed by atoms with Gasteiger partial charge in [0.25, 0.3) is 0 Å². The maximum absolute atomic E-state index is 11.7. The molecule has 0 amide bonds. The Morgan fingerprint density at radius 1 is 1.13 bits per heavy atom. The SMILES string of the molecule is O=C(CCCC1CCCO1)C1CCCO1. The van der Waals surface area contributed by atoms with Gasteiger partial charge in [0.15, 0.2) is 5.78 Å². The largest absolute Gasteiger partial charge is 0.378 e. The zero-order valence-corrected chi connectivity index (χ0v) is 9.24. The van der Waals surface area contributed by atoms with E-state index < -0.39 is 0 Å². The van der Waals surface area contributed by atoms with E-state index in [1.807, 2.05) is 0 Å². The Hall–Kier alpha value is -0.410. The van der Waals surface area contributed by atoms with Gasteiger partial charge in [-0.1, -0.05) is 0 Å². The molecule has 0 aromatic heterocycles. The Morgan fingerprint density at radius 3 is 2.60 bits per heavy atom. The lowest BCUT2D eigenvalue weighted by Crippen LogP contribution is -2.19. The molecule has 0 aromatic rings. The maximum atomic E-state index is 11.7. The van der Waals surface area contributed by atoms with Gasteiger partial charge in [-0.3, -0.25) is 4.79 Å². The van der Waals surface area contributed by atoms with Crippen molar-refractivity contribution in [3.8, 4) is 0 Å². The molecule has 0 bridgehead atoms. The van der Waals surface area contributed by atoms with Crippen molar-refractivity contribution in [3.05, 3.63) is 0 Å². The summed E-state index contributed by atoms with van der Waals surface area (Å²) >= 11 is 0. The number of rotatable bonds is 5. The Bertz CT molecular complexity index is 203. The van der Waals surface area contributed by atoms with E-state index in [9.17, 15) is 4.79 Å². The van der Waals surface area contributed by atoms with Gasteiger partial charge in [0.2, 0.25) is 0 Å². The summed E-state index contributed by atoms with van der Waals surface area (Å²) in [7, 11) is 0. The molecule has 2 aliphatic rings. The van der Waals surface area contributed by atoms with Crippen LogP contribution in [0.25, 0.3) is 0 Å². The number of ether oxygens (including phenoxy) is 2. The van der Waals surface area contributed by atoms with Crippen molar-refractivity contribution in [1.29, 1.82) is 0 Å². The average molecular weight is 212 g/mol. The predicted molar refractivity (Wildman–Crippen MR) is 56.8 cm³/mol. The molecular formula is C12H20O3. The van der Waals surface area contributed by atoms with Gasteiger partial charge in [0.1, 0.15) is 6.10 Å². The summed E-state index contributed by atoms with van der Waals surface area (Å²) in [6, 6.07) is 0. The molecule has 0 aromatic carbocycles. The van der Waals surface area contributed by atoms with E-state index in [1.54, 1.807) is 0 Å². The molecule has 2 fully saturated rings. The lowest BCUT2D eigenvalue weighted by molar-refractivity contribution is -0.128. The van der Waals surface area contributed by atoms with Gasteiger partial charge in [-0.05, 0) is 38.5 Å². The Balaban J connectivity index is 1.58. The summed E-state index contributed by atoms with van der Waals surface area (Å²) in [5.41, 5.74) is 0. The highest BCUT2D eigenvalue weighted by Gasteiger charge is 2.23. The molecular weight excluding hydrogens is 192 g/mol. The zero-order chi connectivity index (χ0) is 10.5. The molecule has 3 nitrogen and oxygen atoms in total. The minimum Gasteiger partial charge on any atom is -0.378 e. The van der Waals surface area contributed by atoms with E-state index in [0.29, 0.717) is 18.3 Å². The van der Waals surface area contributed by atoms with Crippen LogP contribution in [0, 0.1) is 0 Å². The fraction of sp³-hybridized carbons (Fsp3) is 0.917. The van der Waals surface area contributed by atoms with E-state index in [2.05, 4.69) is 0 Å². The Labute approximate surface area is 91.1 Å². The fourth-order valence-corrected chi connectivity index (χ4v) is 2.37. The van der Waals surface area contributed by atoms with Crippen LogP contribution in [0.4, 0.5) is 0 Å². The lowest BCUT2D eigenvalue weighted by Gasteiger charge is -2.10. The summed E-state index contributed by atoms with van der Waals surface area (Å²) in [5, 5.41) is 0. The third-order valence-corrected chi connectivity index (χ3v) is 3.26. The third kappa shape index (κ3) is 3.28. The van der Waals surface area contributed by atoms with Crippen LogP contribution in [0.3, 0.4) is 0 Å². The van der Waals surface area contributed by atoms with Gasteiger partial charge >= 0.3 is 0 Å². The first kappa shape index (κ1) is 11.1. The second-order valence-electron chi connectivity index (χ2n) is 4.50. The smallest absolute Gasteiger partial charge is 0.161 e. The molecule has 15 heavy (non-hydrogen) atoms. The Morgan fingerprint density at radius 2 is 1.93 bits per heavy atom. The summed E-state index contributed by atoms with van der Waals surface area (Å²) in [6.45, 7) is 1.67. The lowest BCUT2D eigenvalue weighted by atomic mass is 10.0. The zero-order valence-electron chi connectivity index (χ0n) is 9.24. The van der Waals surface area contributed by atoms with Crippen LogP contribution in [0.1, 0.15) is 44.9 Å². The van der Waals surface area contributed by atoms with Crippen molar-refractivity contribution in [3.63, 3.8) is 0 Å². The number of hydrogen-bond acceptors (Lipinski definition) is 3. The van der Waals surface area contributed by atoms with Crippen LogP contribution in [0.15, 0.2) is 0 Å². The number of carbonyl (C=O) groups is 1. The van der Waals surface area contributed by atoms with Crippen LogP contribution in [0.5, 0.6) is 0 Å². The second kappa shape index (κ2) is 5.61. The molecule has 2 atom stereocenters. The molecule has 0 spiro atoms. The molecule has 0 N–H and O–H groups in total. The number of Topliss-reactive ketones (excluding diaryl/α,β-unsaturated/α-hetero) is 1. The highest BCUT2D eigenvalue weighted by Crippen LogP contribution is 2.20. The Kier molecular flexibility index (Phi) is 4.15. The van der Waals surface area contributed by atoms with E-state index >= 15 is 0 Å². The highest BCUT2D eigenvalue weighted by molar-refractivity contribution is 5.83. The molecule has 2 heterocycles. The monoisotopic (exact) mass is 212 g/mol. The number of hydrogen-bond donors (Lipinski definition) is 0. The third-order valence-electron chi connectivity index (χ3n) is 3.26. The van der Waals surface area contributed by atoms with Crippen molar-refractivity contribution < 1.29 is 14.3 Å². The van der Waals surface area contributed by atoms with Crippen molar-refractivity contribution in [2.75, 3.05) is 13.2 Å². The van der Waals surface area contributed by atoms with Gasteiger partial charge < -0.3 is 9.47 Å². The van der Waals surface area contributed by atoms with Gasteiger partial charge in [0.05, 0.1) is 6.10 Å². The second-order valence-corrected chi connectivity index (χ2v) is 4.50. The number of ketones is 1. The molecule has 3 heteroatoms. The van der Waals surface area contributed by atoms with Gasteiger partial charge in [-0.25, -0.2) is 0 Å². The van der Waals surface area contributed by atoms with Crippen molar-refractivity contribution in [1.82, 2.24) is 0 Å². The summed E-state index contributed by atoms with van der Waals surface area (Å²) in [6.07, 6.45) is 7.34. The topological polar surface area (TPSA) is 35.5 Å². The summed E-state index contributed by atoms with van der Waals surface area (Å²) in [4.78, 5) is 11.7. The summed E-state index contributed by atoms with van der Waals surface area (Å²) < 4.78 is 10.9. The highest BCUT2D eigenvalue weighted by atomic mass is 16.5. The van der Waals surface area contributed by atoms with Crippen LogP contribution in [-0.2, 0) is 14.3 Å². The summed E-state index contributed by atoms with van der Waals surface area (Å²) in [5.74, 6) is 0.297. The van der Waals surface area contributed by atoms with Crippen LogP contribution < -0.4 is 0 Å². The van der Waals surface area contributed by atoms with E-state index in [0.717, 1.165) is 38.9 Å². The number of carbonyl (C=O) groups excluding carboxylic acids is 1. The van der Waals surface area contributed by atoms with E-state index in [-0.39, 0.29) is 6.10 Å². The molecule has 2 aliphatic heterocycles. The van der Waals surface area contributed by atoms with Gasteiger partial charge in [-0.2, -0.15) is 0 Å². The van der Waals surface area contributed by atoms with E-state index in [1.165, 1.54) is 12.8 Å². The van der Waals surface area contributed by atoms with Crippen molar-refractivity contribution in [2.45, 2.75) is 57.2 Å². The molecule has 2 rings (SSSR count). The predicted octanol–water partition coefficient (Wildman–Crippen LogP) is 2.08. The quantitative estimate of drug-likeness (QED) is 0.700. The van der Waals surface area contributed by atoms with Crippen LogP contribution in [0.2, 0.25) is 0 Å². The molecule has 0 saturated carbocycles. The molecule has 86 valence electrons. The van der Waals surface area contributed by atoms with Crippen LogP contribution >= 0.6 is 0 Å². The molecule has 2 unspecified atom stereocenters. The van der Waals surface area contributed by atoms with Crippen molar-refractivity contribution >= 4 is 5.78 Å². The molecule has 0 aliphatic carbocycles. The van der Waals surface area contributed by atoms with Crippen LogP contribution in [-0.4, -0.2) is 31.2 Å². The molecule has 0 radical (unpaired) electrons. The maximum Gasteiger partial charge on any atom is 0.161 e. The molecule has 2 saturated heterocycles. The normalized spacial score (nSPS) is 30.9. The minimum atomic E-state index is -0.0884. The van der Waals surface area contributed by atoms with Gasteiger partial charge in [-0.15, -0.1) is 0 Å².